The molecule has 1 rings (SSSR count). The minimum Gasteiger partial charge on any atom is -0.366 e. The van der Waals surface area contributed by atoms with Crippen molar-refractivity contribution in [2.75, 3.05) is 13.1 Å². The molecule has 0 aromatic carbocycles. The third-order valence-corrected chi connectivity index (χ3v) is 2.54. The van der Waals surface area contributed by atoms with Crippen molar-refractivity contribution in [1.29, 1.82) is 0 Å². The maximum absolute atomic E-state index is 12.2. The zero-order valence-corrected chi connectivity index (χ0v) is 10.8. The fraction of sp³-hybridized carbons (Fsp3) is 0.462. The van der Waals surface area contributed by atoms with Gasteiger partial charge >= 0.3 is 0 Å². The molecule has 2 N–H and O–H groups in total. The largest absolute Gasteiger partial charge is 0.366 e. The van der Waals surface area contributed by atoms with Crippen LogP contribution in [0.2, 0.25) is 0 Å². The van der Waals surface area contributed by atoms with Crippen LogP contribution in [0.1, 0.15) is 47.5 Å². The number of aromatic nitrogens is 1. The summed E-state index contributed by atoms with van der Waals surface area (Å²) in [6.45, 7) is 5.48. The van der Waals surface area contributed by atoms with Gasteiger partial charge in [0.15, 0.2) is 0 Å². The van der Waals surface area contributed by atoms with Crippen LogP contribution in [0.4, 0.5) is 0 Å². The summed E-state index contributed by atoms with van der Waals surface area (Å²) in [5, 5.41) is 0. The van der Waals surface area contributed by atoms with Crippen molar-refractivity contribution in [2.45, 2.75) is 26.7 Å². The van der Waals surface area contributed by atoms with Gasteiger partial charge < -0.3 is 10.6 Å². The average Bonchev–Trinajstić information content (AvgIpc) is 2.38. The molecule has 0 atom stereocenters. The molecule has 0 aliphatic carbocycles. The zero-order chi connectivity index (χ0) is 13.5. The van der Waals surface area contributed by atoms with E-state index in [2.05, 4.69) is 4.98 Å². The molecule has 1 aromatic heterocycles. The summed E-state index contributed by atoms with van der Waals surface area (Å²) in [6, 6.07) is 3.07. The van der Waals surface area contributed by atoms with Crippen LogP contribution in [0.15, 0.2) is 18.3 Å². The number of nitrogens with two attached hydrogens (primary N) is 1. The fourth-order valence-corrected chi connectivity index (χ4v) is 1.68. The Morgan fingerprint density at radius 1 is 1.22 bits per heavy atom. The molecule has 5 heteroatoms. The average molecular weight is 249 g/mol. The summed E-state index contributed by atoms with van der Waals surface area (Å²) in [5.41, 5.74) is 5.78. The number of hydrogen-bond acceptors (Lipinski definition) is 3. The Labute approximate surface area is 107 Å². The van der Waals surface area contributed by atoms with Gasteiger partial charge in [0, 0.05) is 19.3 Å². The lowest BCUT2D eigenvalue weighted by Gasteiger charge is -2.20. The van der Waals surface area contributed by atoms with Crippen LogP contribution in [0.3, 0.4) is 0 Å². The van der Waals surface area contributed by atoms with Crippen molar-refractivity contribution < 1.29 is 9.59 Å². The molecule has 0 saturated heterocycles. The Hall–Kier alpha value is -1.91. The van der Waals surface area contributed by atoms with Gasteiger partial charge in [-0.1, -0.05) is 13.8 Å². The quantitative estimate of drug-likeness (QED) is 0.828. The van der Waals surface area contributed by atoms with E-state index in [0.717, 1.165) is 12.8 Å². The molecule has 0 fully saturated rings. The maximum atomic E-state index is 12.2. The predicted octanol–water partition coefficient (Wildman–Crippen LogP) is 1.44. The molecule has 2 amide bonds. The van der Waals surface area contributed by atoms with E-state index in [9.17, 15) is 9.59 Å². The molecule has 18 heavy (non-hydrogen) atoms. The lowest BCUT2D eigenvalue weighted by Crippen LogP contribution is -2.33. The summed E-state index contributed by atoms with van der Waals surface area (Å²) in [4.78, 5) is 28.8. The third kappa shape index (κ3) is 3.55. The first-order valence-electron chi connectivity index (χ1n) is 6.15. The second-order valence-corrected chi connectivity index (χ2v) is 4.09. The number of carbonyl (C=O) groups excluding carboxylic acids is 2. The number of hydrogen-bond donors (Lipinski definition) is 1. The number of pyridine rings is 1. The van der Waals surface area contributed by atoms with E-state index in [4.69, 9.17) is 5.73 Å². The molecule has 0 radical (unpaired) electrons. The molecule has 98 valence electrons. The van der Waals surface area contributed by atoms with E-state index in [1.54, 1.807) is 11.0 Å². The highest BCUT2D eigenvalue weighted by Gasteiger charge is 2.15. The Kier molecular flexibility index (Phi) is 5.30. The van der Waals surface area contributed by atoms with Gasteiger partial charge in [-0.2, -0.15) is 0 Å². The molecule has 5 nitrogen and oxygen atoms in total. The number of rotatable bonds is 6. The molecule has 1 aromatic rings. The van der Waals surface area contributed by atoms with Gasteiger partial charge in [-0.05, 0) is 25.0 Å². The summed E-state index contributed by atoms with van der Waals surface area (Å²) in [7, 11) is 0. The van der Waals surface area contributed by atoms with Crippen LogP contribution >= 0.6 is 0 Å². The standard InChI is InChI=1S/C13H19N3O2/c1-3-7-16(8-4-2)13(18)11-6-5-10(9-15-11)12(14)17/h5-6,9H,3-4,7-8H2,1-2H3,(H2,14,17). The van der Waals surface area contributed by atoms with Gasteiger partial charge in [-0.25, -0.2) is 0 Å². The van der Waals surface area contributed by atoms with Crippen molar-refractivity contribution in [1.82, 2.24) is 9.88 Å². The zero-order valence-electron chi connectivity index (χ0n) is 10.8. The molecule has 0 spiro atoms. The van der Waals surface area contributed by atoms with Crippen LogP contribution < -0.4 is 5.73 Å². The lowest BCUT2D eigenvalue weighted by molar-refractivity contribution is 0.0749. The minimum absolute atomic E-state index is 0.102. The van der Waals surface area contributed by atoms with Gasteiger partial charge in [0.2, 0.25) is 5.91 Å². The second-order valence-electron chi connectivity index (χ2n) is 4.09. The first kappa shape index (κ1) is 14.2. The Morgan fingerprint density at radius 3 is 2.22 bits per heavy atom. The van der Waals surface area contributed by atoms with E-state index < -0.39 is 5.91 Å². The number of nitrogens with zero attached hydrogens (tertiary/aromatic N) is 2. The lowest BCUT2D eigenvalue weighted by atomic mass is 10.2. The monoisotopic (exact) mass is 249 g/mol. The summed E-state index contributed by atoms with van der Waals surface area (Å²) in [6.07, 6.45) is 3.15. The smallest absolute Gasteiger partial charge is 0.272 e. The SMILES string of the molecule is CCCN(CCC)C(=O)c1ccc(C(N)=O)cn1. The molecule has 1 heterocycles. The molecular formula is C13H19N3O2. The minimum atomic E-state index is -0.541. The molecule has 0 bridgehead atoms. The van der Waals surface area contributed by atoms with E-state index in [1.165, 1.54) is 12.3 Å². The van der Waals surface area contributed by atoms with Crippen LogP contribution in [-0.2, 0) is 0 Å². The van der Waals surface area contributed by atoms with E-state index >= 15 is 0 Å². The van der Waals surface area contributed by atoms with Crippen molar-refractivity contribution >= 4 is 11.8 Å². The highest BCUT2D eigenvalue weighted by molar-refractivity contribution is 5.95. The van der Waals surface area contributed by atoms with Crippen molar-refractivity contribution in [3.05, 3.63) is 29.6 Å². The van der Waals surface area contributed by atoms with Crippen molar-refractivity contribution in [2.24, 2.45) is 5.73 Å². The topological polar surface area (TPSA) is 76.3 Å². The molecule has 0 aliphatic rings. The van der Waals surface area contributed by atoms with Gasteiger partial charge in [-0.15, -0.1) is 0 Å². The van der Waals surface area contributed by atoms with Crippen molar-refractivity contribution in [3.8, 4) is 0 Å². The van der Waals surface area contributed by atoms with E-state index in [0.29, 0.717) is 24.3 Å². The first-order chi connectivity index (χ1) is 8.60. The summed E-state index contributed by atoms with van der Waals surface area (Å²) >= 11 is 0. The van der Waals surface area contributed by atoms with Crippen LogP contribution in [-0.4, -0.2) is 34.8 Å². The third-order valence-electron chi connectivity index (χ3n) is 2.54. The van der Waals surface area contributed by atoms with Gasteiger partial charge in [-0.3, -0.25) is 14.6 Å². The van der Waals surface area contributed by atoms with Gasteiger partial charge in [0.05, 0.1) is 5.56 Å². The van der Waals surface area contributed by atoms with Crippen LogP contribution in [0.5, 0.6) is 0 Å². The molecule has 0 aliphatic heterocycles. The Bertz CT molecular complexity index is 409. The predicted molar refractivity (Wildman–Crippen MR) is 69.2 cm³/mol. The summed E-state index contributed by atoms with van der Waals surface area (Å²) in [5.74, 6) is -0.643. The number of amides is 2. The van der Waals surface area contributed by atoms with Crippen molar-refractivity contribution in [3.63, 3.8) is 0 Å². The van der Waals surface area contributed by atoms with Gasteiger partial charge in [0.25, 0.3) is 5.91 Å². The molecule has 0 unspecified atom stereocenters. The highest BCUT2D eigenvalue weighted by atomic mass is 16.2. The Morgan fingerprint density at radius 2 is 1.83 bits per heavy atom. The summed E-state index contributed by atoms with van der Waals surface area (Å²) < 4.78 is 0. The van der Waals surface area contributed by atoms with Crippen LogP contribution in [0, 0.1) is 0 Å². The van der Waals surface area contributed by atoms with E-state index in [-0.39, 0.29) is 5.91 Å². The first-order valence-corrected chi connectivity index (χ1v) is 6.15. The number of primary amides is 1. The van der Waals surface area contributed by atoms with Crippen LogP contribution in [0.25, 0.3) is 0 Å². The van der Waals surface area contributed by atoms with E-state index in [1.807, 2.05) is 13.8 Å². The molecule has 0 saturated carbocycles. The Balaban J connectivity index is 2.84. The highest BCUT2D eigenvalue weighted by Crippen LogP contribution is 2.05. The van der Waals surface area contributed by atoms with Gasteiger partial charge in [0.1, 0.15) is 5.69 Å². The fourth-order valence-electron chi connectivity index (χ4n) is 1.68. The number of carbonyl (C=O) groups is 2. The normalized spacial score (nSPS) is 10.1. The molecular weight excluding hydrogens is 230 g/mol. The maximum Gasteiger partial charge on any atom is 0.272 e. The second kappa shape index (κ2) is 6.74.